The molecule has 0 aromatic heterocycles. The fourth-order valence-electron chi connectivity index (χ4n) is 3.27. The van der Waals surface area contributed by atoms with Gasteiger partial charge in [-0.25, -0.2) is 0 Å². The van der Waals surface area contributed by atoms with E-state index >= 15 is 0 Å². The molecule has 0 amide bonds. The zero-order chi connectivity index (χ0) is 15.4. The summed E-state index contributed by atoms with van der Waals surface area (Å²) in [6.45, 7) is 5.12. The van der Waals surface area contributed by atoms with Gasteiger partial charge < -0.3 is 15.7 Å². The molecular weight excluding hydrogens is 264 g/mol. The molecule has 1 aliphatic carbocycles. The highest BCUT2D eigenvalue weighted by Crippen LogP contribution is 2.35. The molecule has 0 saturated heterocycles. The number of nitrogens with two attached hydrogens (primary N) is 1. The Morgan fingerprint density at radius 2 is 2.00 bits per heavy atom. The fraction of sp³-hybridized carbons (Fsp3) is 0.588. The Kier molecular flexibility index (Phi) is 5.10. The molecule has 4 heteroatoms. The Morgan fingerprint density at radius 3 is 2.62 bits per heavy atom. The maximum atomic E-state index is 11.0. The van der Waals surface area contributed by atoms with Gasteiger partial charge in [0.2, 0.25) is 0 Å². The molecule has 1 aromatic rings. The van der Waals surface area contributed by atoms with Crippen molar-refractivity contribution in [1.82, 2.24) is 0 Å². The predicted molar refractivity (Wildman–Crippen MR) is 86.4 cm³/mol. The molecule has 1 saturated carbocycles. The van der Waals surface area contributed by atoms with Crippen LogP contribution in [0.15, 0.2) is 24.3 Å². The molecule has 3 atom stereocenters. The summed E-state index contributed by atoms with van der Waals surface area (Å²) in [6, 6.07) is 8.16. The first-order valence-electron chi connectivity index (χ1n) is 7.82. The second kappa shape index (κ2) is 6.83. The molecule has 2 rings (SSSR count). The summed E-state index contributed by atoms with van der Waals surface area (Å²) in [5, 5.41) is 9.01. The van der Waals surface area contributed by atoms with Gasteiger partial charge in [0, 0.05) is 12.6 Å². The second-order valence-electron chi connectivity index (χ2n) is 6.32. The number of aliphatic carboxylic acids is 1. The number of carboxylic acids is 1. The lowest BCUT2D eigenvalue weighted by atomic mass is 9.78. The number of anilines is 2. The van der Waals surface area contributed by atoms with Gasteiger partial charge in [-0.05, 0) is 43.2 Å². The Bertz CT molecular complexity index is 489. The smallest absolute Gasteiger partial charge is 0.305 e. The van der Waals surface area contributed by atoms with Crippen molar-refractivity contribution in [1.29, 1.82) is 0 Å². The highest BCUT2D eigenvalue weighted by atomic mass is 16.4. The number of hydrogen-bond acceptors (Lipinski definition) is 3. The normalized spacial score (nSPS) is 25.5. The average Bonchev–Trinajstić information content (AvgIpc) is 2.44. The molecule has 3 unspecified atom stereocenters. The SMILES string of the molecule is CC1CCC(N(CCC(=O)O)c2ccccc2N)CC1C. The van der Waals surface area contributed by atoms with Gasteiger partial charge in [-0.2, -0.15) is 0 Å². The molecule has 0 bridgehead atoms. The molecule has 1 fully saturated rings. The van der Waals surface area contributed by atoms with Gasteiger partial charge in [-0.15, -0.1) is 0 Å². The van der Waals surface area contributed by atoms with Crippen molar-refractivity contribution in [3.05, 3.63) is 24.3 Å². The standard InChI is InChI=1S/C17H26N2O2/c1-12-7-8-14(11-13(12)2)19(10-9-17(20)21)16-6-4-3-5-15(16)18/h3-6,12-14H,7-11,18H2,1-2H3,(H,20,21). The molecule has 4 nitrogen and oxygen atoms in total. The van der Waals surface area contributed by atoms with E-state index in [9.17, 15) is 4.79 Å². The monoisotopic (exact) mass is 290 g/mol. The van der Waals surface area contributed by atoms with Crippen LogP contribution in [0, 0.1) is 11.8 Å². The third-order valence-electron chi connectivity index (χ3n) is 4.82. The van der Waals surface area contributed by atoms with Crippen molar-refractivity contribution in [3.63, 3.8) is 0 Å². The third kappa shape index (κ3) is 3.90. The van der Waals surface area contributed by atoms with Crippen molar-refractivity contribution in [2.45, 2.75) is 45.6 Å². The van der Waals surface area contributed by atoms with Gasteiger partial charge in [0.25, 0.3) is 0 Å². The van der Waals surface area contributed by atoms with E-state index in [-0.39, 0.29) is 6.42 Å². The van der Waals surface area contributed by atoms with Crippen LogP contribution in [0.3, 0.4) is 0 Å². The first-order valence-corrected chi connectivity index (χ1v) is 7.82. The Labute approximate surface area is 126 Å². The van der Waals surface area contributed by atoms with Crippen LogP contribution >= 0.6 is 0 Å². The van der Waals surface area contributed by atoms with Crippen molar-refractivity contribution >= 4 is 17.3 Å². The van der Waals surface area contributed by atoms with Crippen LogP contribution in [0.25, 0.3) is 0 Å². The molecular formula is C17H26N2O2. The molecule has 0 spiro atoms. The van der Waals surface area contributed by atoms with E-state index in [1.165, 1.54) is 6.42 Å². The van der Waals surface area contributed by atoms with E-state index in [1.54, 1.807) is 0 Å². The van der Waals surface area contributed by atoms with Crippen LogP contribution in [0.4, 0.5) is 11.4 Å². The number of carbonyl (C=O) groups is 1. The van der Waals surface area contributed by atoms with Crippen molar-refractivity contribution in [2.24, 2.45) is 11.8 Å². The quantitative estimate of drug-likeness (QED) is 0.816. The summed E-state index contributed by atoms with van der Waals surface area (Å²) >= 11 is 0. The molecule has 0 aliphatic heterocycles. The van der Waals surface area contributed by atoms with Gasteiger partial charge in [-0.3, -0.25) is 4.79 Å². The molecule has 0 radical (unpaired) electrons. The molecule has 1 aliphatic rings. The lowest BCUT2D eigenvalue weighted by molar-refractivity contribution is -0.136. The largest absolute Gasteiger partial charge is 0.481 e. The topological polar surface area (TPSA) is 66.6 Å². The fourth-order valence-corrected chi connectivity index (χ4v) is 3.27. The summed E-state index contributed by atoms with van der Waals surface area (Å²) in [5.41, 5.74) is 7.82. The summed E-state index contributed by atoms with van der Waals surface area (Å²) in [7, 11) is 0. The second-order valence-corrected chi connectivity index (χ2v) is 6.32. The minimum absolute atomic E-state index is 0.148. The van der Waals surface area contributed by atoms with Crippen LogP contribution in [-0.4, -0.2) is 23.7 Å². The minimum atomic E-state index is -0.758. The zero-order valence-electron chi connectivity index (χ0n) is 13.0. The van der Waals surface area contributed by atoms with Crippen molar-refractivity contribution in [3.8, 4) is 0 Å². The van der Waals surface area contributed by atoms with E-state index in [4.69, 9.17) is 10.8 Å². The van der Waals surface area contributed by atoms with E-state index in [1.807, 2.05) is 24.3 Å². The number of para-hydroxylation sites is 2. The number of nitrogen functional groups attached to an aromatic ring is 1. The maximum absolute atomic E-state index is 11.0. The van der Waals surface area contributed by atoms with E-state index in [0.29, 0.717) is 18.5 Å². The lowest BCUT2D eigenvalue weighted by Crippen LogP contribution is -2.42. The Morgan fingerprint density at radius 1 is 1.29 bits per heavy atom. The maximum Gasteiger partial charge on any atom is 0.305 e. The first-order chi connectivity index (χ1) is 9.99. The van der Waals surface area contributed by atoms with E-state index in [2.05, 4.69) is 18.7 Å². The third-order valence-corrected chi connectivity index (χ3v) is 4.82. The highest BCUT2D eigenvalue weighted by molar-refractivity contribution is 5.71. The van der Waals surface area contributed by atoms with Gasteiger partial charge in [0.1, 0.15) is 0 Å². The highest BCUT2D eigenvalue weighted by Gasteiger charge is 2.29. The minimum Gasteiger partial charge on any atom is -0.481 e. The first kappa shape index (κ1) is 15.7. The number of carboxylic acid groups (broad SMARTS) is 1. The van der Waals surface area contributed by atoms with Crippen molar-refractivity contribution in [2.75, 3.05) is 17.2 Å². The van der Waals surface area contributed by atoms with Crippen molar-refractivity contribution < 1.29 is 9.90 Å². The van der Waals surface area contributed by atoms with Crippen LogP contribution in [0.5, 0.6) is 0 Å². The van der Waals surface area contributed by atoms with Gasteiger partial charge in [-0.1, -0.05) is 26.0 Å². The van der Waals surface area contributed by atoms with Gasteiger partial charge in [0.15, 0.2) is 0 Å². The van der Waals surface area contributed by atoms with Crippen LogP contribution in [0.2, 0.25) is 0 Å². The lowest BCUT2D eigenvalue weighted by Gasteiger charge is -2.41. The molecule has 3 N–H and O–H groups in total. The molecule has 0 heterocycles. The van der Waals surface area contributed by atoms with Gasteiger partial charge in [0.05, 0.1) is 17.8 Å². The Hall–Kier alpha value is -1.71. The summed E-state index contributed by atoms with van der Waals surface area (Å²) in [6.07, 6.45) is 3.56. The average molecular weight is 290 g/mol. The summed E-state index contributed by atoms with van der Waals surface area (Å²) in [4.78, 5) is 13.2. The molecule has 21 heavy (non-hydrogen) atoms. The molecule has 1 aromatic carbocycles. The van der Waals surface area contributed by atoms with E-state index in [0.717, 1.165) is 30.1 Å². The number of benzene rings is 1. The number of hydrogen-bond donors (Lipinski definition) is 2. The number of rotatable bonds is 5. The van der Waals surface area contributed by atoms with Crippen LogP contribution in [0.1, 0.15) is 39.5 Å². The molecule has 116 valence electrons. The summed E-state index contributed by atoms with van der Waals surface area (Å²) < 4.78 is 0. The number of nitrogens with zero attached hydrogens (tertiary/aromatic N) is 1. The Balaban J connectivity index is 2.20. The summed E-state index contributed by atoms with van der Waals surface area (Å²) in [5.74, 6) is 0.656. The van der Waals surface area contributed by atoms with E-state index < -0.39 is 5.97 Å². The van der Waals surface area contributed by atoms with Crippen LogP contribution < -0.4 is 10.6 Å². The predicted octanol–water partition coefficient (Wildman–Crippen LogP) is 3.37. The zero-order valence-corrected chi connectivity index (χ0v) is 13.0. The van der Waals surface area contributed by atoms with Gasteiger partial charge >= 0.3 is 5.97 Å². The van der Waals surface area contributed by atoms with Crippen LogP contribution in [-0.2, 0) is 4.79 Å².